The molecule has 0 fully saturated rings. The van der Waals surface area contributed by atoms with Gasteiger partial charge in [0.1, 0.15) is 5.76 Å². The first-order chi connectivity index (χ1) is 15.8. The number of nitrogens with zero attached hydrogens (tertiary/aromatic N) is 1. The maximum atomic E-state index is 12.8. The second-order valence-electron chi connectivity index (χ2n) is 7.75. The smallest absolute Gasteiger partial charge is 0.338 e. The van der Waals surface area contributed by atoms with E-state index in [2.05, 4.69) is 10.8 Å². The van der Waals surface area contributed by atoms with Crippen LogP contribution >= 0.6 is 0 Å². The van der Waals surface area contributed by atoms with Crippen LogP contribution in [0.15, 0.2) is 76.2 Å². The highest BCUT2D eigenvalue weighted by atomic mass is 32.2. The predicted octanol–water partition coefficient (Wildman–Crippen LogP) is 2.89. The third-order valence-corrected chi connectivity index (χ3v) is 6.91. The maximum Gasteiger partial charge on any atom is 0.338 e. The van der Waals surface area contributed by atoms with Crippen LogP contribution in [0.5, 0.6) is 0 Å². The minimum absolute atomic E-state index is 0.00159. The van der Waals surface area contributed by atoms with Gasteiger partial charge in [-0.1, -0.05) is 24.3 Å². The summed E-state index contributed by atoms with van der Waals surface area (Å²) in [6, 6.07) is 16.6. The van der Waals surface area contributed by atoms with Crippen molar-refractivity contribution in [2.24, 2.45) is 0 Å². The molecule has 0 aliphatic carbocycles. The molecule has 0 radical (unpaired) electrons. The van der Waals surface area contributed by atoms with Crippen molar-refractivity contribution < 1.29 is 27.2 Å². The van der Waals surface area contributed by atoms with Crippen LogP contribution in [-0.4, -0.2) is 37.8 Å². The first-order valence-electron chi connectivity index (χ1n) is 10.5. The van der Waals surface area contributed by atoms with Crippen molar-refractivity contribution in [1.29, 1.82) is 0 Å². The zero-order chi connectivity index (χ0) is 23.4. The molecule has 1 aliphatic rings. The lowest BCUT2D eigenvalue weighted by Gasteiger charge is -2.30. The number of amides is 1. The van der Waals surface area contributed by atoms with E-state index in [1.807, 2.05) is 18.2 Å². The summed E-state index contributed by atoms with van der Waals surface area (Å²) in [5.74, 6) is -0.477. The first kappa shape index (κ1) is 22.8. The normalized spacial score (nSPS) is 14.4. The predicted molar refractivity (Wildman–Crippen MR) is 120 cm³/mol. The summed E-state index contributed by atoms with van der Waals surface area (Å²) in [4.78, 5) is 27.0. The molecule has 2 heterocycles. The summed E-state index contributed by atoms with van der Waals surface area (Å²) in [6.07, 6.45) is 1.26. The molecule has 0 bridgehead atoms. The molecule has 8 nitrogen and oxygen atoms in total. The number of esters is 1. The number of furan rings is 1. The van der Waals surface area contributed by atoms with Crippen molar-refractivity contribution in [3.63, 3.8) is 0 Å². The molecule has 0 spiro atoms. The van der Waals surface area contributed by atoms with Crippen molar-refractivity contribution in [2.45, 2.75) is 37.4 Å². The van der Waals surface area contributed by atoms with Gasteiger partial charge in [-0.05, 0) is 60.9 Å². The maximum absolute atomic E-state index is 12.8. The van der Waals surface area contributed by atoms with E-state index in [-0.39, 0.29) is 22.9 Å². The van der Waals surface area contributed by atoms with Crippen molar-refractivity contribution >= 4 is 21.9 Å². The number of sulfonamides is 1. The van der Waals surface area contributed by atoms with Crippen molar-refractivity contribution in [2.75, 3.05) is 6.54 Å². The van der Waals surface area contributed by atoms with Crippen LogP contribution in [0.25, 0.3) is 0 Å². The van der Waals surface area contributed by atoms with E-state index in [0.717, 1.165) is 12.0 Å². The van der Waals surface area contributed by atoms with E-state index < -0.39 is 22.1 Å². The Morgan fingerprint density at radius 1 is 1.06 bits per heavy atom. The number of ether oxygens (including phenoxy) is 1. The number of rotatable bonds is 7. The minimum Gasteiger partial charge on any atom is -0.468 e. The van der Waals surface area contributed by atoms with Crippen LogP contribution in [0.2, 0.25) is 0 Å². The second-order valence-corrected chi connectivity index (χ2v) is 9.52. The molecule has 4 rings (SSSR count). The van der Waals surface area contributed by atoms with Crippen LogP contribution in [0.4, 0.5) is 0 Å². The van der Waals surface area contributed by atoms with Gasteiger partial charge in [0.25, 0.3) is 5.91 Å². The Bertz CT molecular complexity index is 1240. The van der Waals surface area contributed by atoms with Crippen LogP contribution in [-0.2, 0) is 39.1 Å². The van der Waals surface area contributed by atoms with Gasteiger partial charge in [-0.2, -0.15) is 0 Å². The molecule has 1 amide bonds. The summed E-state index contributed by atoms with van der Waals surface area (Å²) in [7, 11) is -3.78. The lowest BCUT2D eigenvalue weighted by Crippen LogP contribution is -2.42. The van der Waals surface area contributed by atoms with Crippen LogP contribution in [0, 0.1) is 0 Å². The lowest BCUT2D eigenvalue weighted by atomic mass is 9.99. The van der Waals surface area contributed by atoms with E-state index in [9.17, 15) is 18.0 Å². The number of hydrogen-bond donors (Lipinski definition) is 1. The molecule has 172 valence electrons. The van der Waals surface area contributed by atoms with Crippen molar-refractivity contribution in [3.05, 3.63) is 89.4 Å². The van der Waals surface area contributed by atoms with E-state index >= 15 is 0 Å². The number of benzene rings is 2. The fourth-order valence-corrected chi connectivity index (χ4v) is 4.65. The Morgan fingerprint density at radius 2 is 1.79 bits per heavy atom. The summed E-state index contributed by atoms with van der Waals surface area (Å²) < 4.78 is 37.7. The fraction of sp³-hybridized carbons (Fsp3) is 0.250. The summed E-state index contributed by atoms with van der Waals surface area (Å²) >= 11 is 0. The molecule has 2 aromatic carbocycles. The number of hydrogen-bond acceptors (Lipinski definition) is 6. The zero-order valence-corrected chi connectivity index (χ0v) is 18.9. The minimum atomic E-state index is -3.78. The highest BCUT2D eigenvalue weighted by Crippen LogP contribution is 2.20. The van der Waals surface area contributed by atoms with Crippen LogP contribution in [0.3, 0.4) is 0 Å². The van der Waals surface area contributed by atoms with E-state index in [4.69, 9.17) is 9.15 Å². The highest BCUT2D eigenvalue weighted by Gasteiger charge is 2.27. The molecule has 33 heavy (non-hydrogen) atoms. The standard InChI is InChI=1S/C24H24N2O6S/c1-17(23(27)26-13-12-18-5-2-3-6-20(18)16-26)32-24(28)19-8-10-22(11-9-19)33(29,30)25-15-21-7-4-14-31-21/h2-11,14,17,25H,12-13,15-16H2,1H3/t17-/m1/s1. The molecule has 9 heteroatoms. The number of fused-ring (bicyclic) bond motifs is 1. The van der Waals surface area contributed by atoms with E-state index in [1.165, 1.54) is 43.0 Å². The zero-order valence-electron chi connectivity index (χ0n) is 18.1. The third-order valence-electron chi connectivity index (χ3n) is 5.49. The molecule has 1 N–H and O–H groups in total. The van der Waals surface area contributed by atoms with Crippen molar-refractivity contribution in [3.8, 4) is 0 Å². The van der Waals surface area contributed by atoms with Gasteiger partial charge >= 0.3 is 5.97 Å². The second kappa shape index (κ2) is 9.60. The third kappa shape index (κ3) is 5.32. The van der Waals surface area contributed by atoms with Gasteiger partial charge < -0.3 is 14.1 Å². The van der Waals surface area contributed by atoms with Gasteiger partial charge in [0.05, 0.1) is 23.3 Å². The lowest BCUT2D eigenvalue weighted by molar-refractivity contribution is -0.140. The molecule has 1 aromatic heterocycles. The quantitative estimate of drug-likeness (QED) is 0.535. The van der Waals surface area contributed by atoms with Gasteiger partial charge in [-0.25, -0.2) is 17.9 Å². The molecule has 1 atom stereocenters. The SMILES string of the molecule is C[C@@H](OC(=O)c1ccc(S(=O)(=O)NCc2ccco2)cc1)C(=O)N1CCc2ccccc2C1. The highest BCUT2D eigenvalue weighted by molar-refractivity contribution is 7.89. The number of carbonyl (C=O) groups is 2. The molecule has 0 saturated carbocycles. The molecule has 3 aromatic rings. The topological polar surface area (TPSA) is 106 Å². The molecular weight excluding hydrogens is 444 g/mol. The van der Waals surface area contributed by atoms with Gasteiger partial charge in [0, 0.05) is 13.1 Å². The largest absolute Gasteiger partial charge is 0.468 e. The Hall–Kier alpha value is -3.43. The van der Waals surface area contributed by atoms with Crippen molar-refractivity contribution in [1.82, 2.24) is 9.62 Å². The average Bonchev–Trinajstić information content (AvgIpc) is 3.36. The summed E-state index contributed by atoms with van der Waals surface area (Å²) in [6.45, 7) is 2.60. The Morgan fingerprint density at radius 3 is 2.48 bits per heavy atom. The van der Waals surface area contributed by atoms with Crippen LogP contribution in [0.1, 0.15) is 34.2 Å². The molecule has 0 unspecified atom stereocenters. The van der Waals surface area contributed by atoms with Gasteiger partial charge in [0.2, 0.25) is 10.0 Å². The molecule has 0 saturated heterocycles. The van der Waals surface area contributed by atoms with Gasteiger partial charge in [0.15, 0.2) is 6.10 Å². The molecule has 1 aliphatic heterocycles. The van der Waals surface area contributed by atoms with Gasteiger partial charge in [-0.15, -0.1) is 0 Å². The van der Waals surface area contributed by atoms with Gasteiger partial charge in [-0.3, -0.25) is 4.79 Å². The van der Waals surface area contributed by atoms with Crippen LogP contribution < -0.4 is 4.72 Å². The first-order valence-corrected chi connectivity index (χ1v) is 12.0. The summed E-state index contributed by atoms with van der Waals surface area (Å²) in [5, 5.41) is 0. The van der Waals surface area contributed by atoms with E-state index in [1.54, 1.807) is 17.0 Å². The fourth-order valence-electron chi connectivity index (χ4n) is 3.65. The number of carbonyl (C=O) groups excluding carboxylic acids is 2. The Kier molecular flexibility index (Phi) is 6.62. The number of nitrogens with one attached hydrogen (secondary N) is 1. The van der Waals surface area contributed by atoms with E-state index in [0.29, 0.717) is 18.8 Å². The Labute approximate surface area is 192 Å². The molecular formula is C24H24N2O6S. The average molecular weight is 469 g/mol. The summed E-state index contributed by atoms with van der Waals surface area (Å²) in [5.41, 5.74) is 2.47. The monoisotopic (exact) mass is 468 g/mol. The Balaban J connectivity index is 1.35.